The number of carbonyl (C=O) groups excluding carboxylic acids is 1. The molecule has 0 radical (unpaired) electrons. The van der Waals surface area contributed by atoms with Crippen LogP contribution in [0.25, 0.3) is 0 Å². The topological polar surface area (TPSA) is 66.4 Å². The lowest BCUT2D eigenvalue weighted by molar-refractivity contribution is -0.148. The number of carboxylic acid groups (broad SMARTS) is 1. The first-order chi connectivity index (χ1) is 7.15. The Morgan fingerprint density at radius 1 is 1.44 bits per heavy atom. The quantitative estimate of drug-likeness (QED) is 0.769. The fourth-order valence-electron chi connectivity index (χ4n) is 2.54. The fourth-order valence-corrected chi connectivity index (χ4v) is 2.54. The fraction of sp³-hybridized carbons (Fsp3) is 0.833. The van der Waals surface area contributed by atoms with Gasteiger partial charge in [0.1, 0.15) is 0 Å². The van der Waals surface area contributed by atoms with Gasteiger partial charge in [0.15, 0.2) is 0 Å². The van der Waals surface area contributed by atoms with Gasteiger partial charge in [-0.1, -0.05) is 13.8 Å². The molecule has 1 amide bonds. The molecule has 1 atom stereocenters. The minimum absolute atomic E-state index is 0.0752. The van der Waals surface area contributed by atoms with E-state index in [9.17, 15) is 9.59 Å². The zero-order valence-corrected chi connectivity index (χ0v) is 10.5. The standard InChI is InChI=1S/C12H21NO3/c1-11(2,7-12(3,4)10(15)16)8-5-6-9(14)13-8/h8H,5-7H2,1-4H3,(H,13,14)(H,15,16). The van der Waals surface area contributed by atoms with E-state index in [1.54, 1.807) is 13.8 Å². The Morgan fingerprint density at radius 2 is 2.00 bits per heavy atom. The summed E-state index contributed by atoms with van der Waals surface area (Å²) in [6, 6.07) is 0.0959. The smallest absolute Gasteiger partial charge is 0.309 e. The Bertz CT molecular complexity index is 307. The number of hydrogen-bond acceptors (Lipinski definition) is 2. The summed E-state index contributed by atoms with van der Waals surface area (Å²) in [5, 5.41) is 12.0. The predicted molar refractivity (Wildman–Crippen MR) is 61.0 cm³/mol. The lowest BCUT2D eigenvalue weighted by atomic mass is 9.71. The van der Waals surface area contributed by atoms with Gasteiger partial charge in [-0.3, -0.25) is 9.59 Å². The molecule has 1 unspecified atom stereocenters. The summed E-state index contributed by atoms with van der Waals surface area (Å²) in [4.78, 5) is 22.3. The van der Waals surface area contributed by atoms with Crippen molar-refractivity contribution < 1.29 is 14.7 Å². The zero-order chi connectivity index (χ0) is 12.6. The molecule has 1 aliphatic heterocycles. The molecular weight excluding hydrogens is 206 g/mol. The van der Waals surface area contributed by atoms with Crippen LogP contribution in [0.1, 0.15) is 47.0 Å². The molecule has 2 N–H and O–H groups in total. The summed E-state index contributed by atoms with van der Waals surface area (Å²) < 4.78 is 0. The number of nitrogens with one attached hydrogen (secondary N) is 1. The second-order valence-electron chi connectivity index (χ2n) is 6.01. The van der Waals surface area contributed by atoms with E-state index in [1.165, 1.54) is 0 Å². The van der Waals surface area contributed by atoms with E-state index >= 15 is 0 Å². The first-order valence-corrected chi connectivity index (χ1v) is 5.68. The lowest BCUT2D eigenvalue weighted by Gasteiger charge is -2.36. The summed E-state index contributed by atoms with van der Waals surface area (Å²) in [6.07, 6.45) is 1.92. The summed E-state index contributed by atoms with van der Waals surface area (Å²) >= 11 is 0. The zero-order valence-electron chi connectivity index (χ0n) is 10.5. The van der Waals surface area contributed by atoms with Crippen LogP contribution in [0.15, 0.2) is 0 Å². The molecule has 4 nitrogen and oxygen atoms in total. The second kappa shape index (κ2) is 4.07. The average Bonchev–Trinajstić information content (AvgIpc) is 2.50. The van der Waals surface area contributed by atoms with Crippen LogP contribution in [0.5, 0.6) is 0 Å². The minimum Gasteiger partial charge on any atom is -0.481 e. The molecule has 1 saturated heterocycles. The Balaban J connectivity index is 2.71. The van der Waals surface area contributed by atoms with Crippen LogP contribution in [0, 0.1) is 10.8 Å². The van der Waals surface area contributed by atoms with Gasteiger partial charge in [0, 0.05) is 12.5 Å². The maximum absolute atomic E-state index is 11.2. The van der Waals surface area contributed by atoms with Crippen molar-refractivity contribution in [2.45, 2.75) is 53.0 Å². The van der Waals surface area contributed by atoms with Gasteiger partial charge in [-0.05, 0) is 32.1 Å². The van der Waals surface area contributed by atoms with E-state index in [2.05, 4.69) is 5.32 Å². The molecule has 1 aliphatic rings. The largest absolute Gasteiger partial charge is 0.481 e. The summed E-state index contributed by atoms with van der Waals surface area (Å²) in [6.45, 7) is 7.50. The third kappa shape index (κ3) is 2.74. The van der Waals surface area contributed by atoms with Gasteiger partial charge < -0.3 is 10.4 Å². The number of amides is 1. The highest BCUT2D eigenvalue weighted by Gasteiger charge is 2.41. The Morgan fingerprint density at radius 3 is 2.38 bits per heavy atom. The molecule has 16 heavy (non-hydrogen) atoms. The van der Waals surface area contributed by atoms with Gasteiger partial charge in [-0.25, -0.2) is 0 Å². The second-order valence-corrected chi connectivity index (χ2v) is 6.01. The van der Waals surface area contributed by atoms with Gasteiger partial charge >= 0.3 is 5.97 Å². The van der Waals surface area contributed by atoms with Crippen molar-refractivity contribution in [2.75, 3.05) is 0 Å². The molecule has 0 saturated carbocycles. The van der Waals surface area contributed by atoms with Gasteiger partial charge in [0.2, 0.25) is 5.91 Å². The predicted octanol–water partition coefficient (Wildman–Crippen LogP) is 1.79. The number of rotatable bonds is 4. The van der Waals surface area contributed by atoms with Gasteiger partial charge in [-0.2, -0.15) is 0 Å². The number of hydrogen-bond donors (Lipinski definition) is 2. The Labute approximate surface area is 96.4 Å². The normalized spacial score (nSPS) is 22.0. The van der Waals surface area contributed by atoms with Gasteiger partial charge in [0.25, 0.3) is 0 Å². The average molecular weight is 227 g/mol. The van der Waals surface area contributed by atoms with Gasteiger partial charge in [0.05, 0.1) is 5.41 Å². The van der Waals surface area contributed by atoms with Crippen molar-refractivity contribution >= 4 is 11.9 Å². The monoisotopic (exact) mass is 227 g/mol. The molecule has 0 aliphatic carbocycles. The maximum atomic E-state index is 11.2. The highest BCUT2D eigenvalue weighted by Crippen LogP contribution is 2.39. The van der Waals surface area contributed by atoms with Crippen LogP contribution in [-0.2, 0) is 9.59 Å². The van der Waals surface area contributed by atoms with E-state index in [1.807, 2.05) is 13.8 Å². The van der Waals surface area contributed by atoms with Gasteiger partial charge in [-0.15, -0.1) is 0 Å². The van der Waals surface area contributed by atoms with Crippen LogP contribution < -0.4 is 5.32 Å². The molecule has 1 heterocycles. The van der Waals surface area contributed by atoms with E-state index < -0.39 is 11.4 Å². The highest BCUT2D eigenvalue weighted by molar-refractivity contribution is 5.78. The van der Waals surface area contributed by atoms with Crippen LogP contribution in [-0.4, -0.2) is 23.0 Å². The van der Waals surface area contributed by atoms with E-state index in [0.29, 0.717) is 12.8 Å². The summed E-state index contributed by atoms with van der Waals surface area (Å²) in [5.74, 6) is -0.712. The van der Waals surface area contributed by atoms with Crippen LogP contribution in [0.4, 0.5) is 0 Å². The Hall–Kier alpha value is -1.06. The molecule has 0 bridgehead atoms. The molecular formula is C12H21NO3. The lowest BCUT2D eigenvalue weighted by Crippen LogP contribution is -2.43. The Kier molecular flexibility index (Phi) is 3.31. The summed E-state index contributed by atoms with van der Waals surface area (Å²) in [5.41, 5.74) is -0.940. The molecule has 0 aromatic carbocycles. The van der Waals surface area contributed by atoms with Crippen molar-refractivity contribution in [3.8, 4) is 0 Å². The van der Waals surface area contributed by atoms with E-state index in [4.69, 9.17) is 5.11 Å². The molecule has 92 valence electrons. The van der Waals surface area contributed by atoms with Crippen molar-refractivity contribution in [3.05, 3.63) is 0 Å². The van der Waals surface area contributed by atoms with E-state index in [-0.39, 0.29) is 17.4 Å². The number of aliphatic carboxylic acids is 1. The van der Waals surface area contributed by atoms with Crippen LogP contribution >= 0.6 is 0 Å². The third-order valence-electron chi connectivity index (χ3n) is 3.42. The van der Waals surface area contributed by atoms with Crippen molar-refractivity contribution in [3.63, 3.8) is 0 Å². The first kappa shape index (κ1) is 13.0. The van der Waals surface area contributed by atoms with Crippen molar-refractivity contribution in [1.29, 1.82) is 0 Å². The molecule has 1 rings (SSSR count). The maximum Gasteiger partial charge on any atom is 0.309 e. The molecule has 0 spiro atoms. The third-order valence-corrected chi connectivity index (χ3v) is 3.42. The SMILES string of the molecule is CC(C)(CC(C)(C)C1CCC(=O)N1)C(=O)O. The van der Waals surface area contributed by atoms with E-state index in [0.717, 1.165) is 6.42 Å². The van der Waals surface area contributed by atoms with Crippen LogP contribution in [0.2, 0.25) is 0 Å². The molecule has 0 aromatic rings. The number of carbonyl (C=O) groups is 2. The number of carboxylic acids is 1. The molecule has 0 aromatic heterocycles. The van der Waals surface area contributed by atoms with Crippen molar-refractivity contribution in [1.82, 2.24) is 5.32 Å². The molecule has 1 fully saturated rings. The highest BCUT2D eigenvalue weighted by atomic mass is 16.4. The van der Waals surface area contributed by atoms with Crippen molar-refractivity contribution in [2.24, 2.45) is 10.8 Å². The first-order valence-electron chi connectivity index (χ1n) is 5.68. The molecule has 4 heteroatoms. The summed E-state index contributed by atoms with van der Waals surface area (Å²) in [7, 11) is 0. The van der Waals surface area contributed by atoms with Crippen LogP contribution in [0.3, 0.4) is 0 Å². The minimum atomic E-state index is -0.787.